The minimum atomic E-state index is -0.101. The minimum Gasteiger partial charge on any atom is -0.397 e. The molecule has 0 unspecified atom stereocenters. The van der Waals surface area contributed by atoms with E-state index in [0.717, 1.165) is 12.2 Å². The normalized spacial score (nSPS) is 10.7. The Labute approximate surface area is 129 Å². The molecule has 3 N–H and O–H groups in total. The fourth-order valence-electron chi connectivity index (χ4n) is 2.19. The maximum atomic E-state index is 11.8. The number of nitrogen functional groups attached to an aromatic ring is 1. The Balaban J connectivity index is 2.37. The van der Waals surface area contributed by atoms with Crippen molar-refractivity contribution in [3.8, 4) is 0 Å². The Kier molecular flexibility index (Phi) is 4.85. The number of hydrogen-bond donors (Lipinski definition) is 2. The van der Waals surface area contributed by atoms with Crippen LogP contribution in [0.1, 0.15) is 29.1 Å². The summed E-state index contributed by atoms with van der Waals surface area (Å²) in [5, 5.41) is 4.71. The van der Waals surface area contributed by atoms with Crippen molar-refractivity contribution >= 4 is 28.6 Å². The molecule has 0 bridgehead atoms. The quantitative estimate of drug-likeness (QED) is 0.834. The molecule has 0 fully saturated rings. The van der Waals surface area contributed by atoms with Crippen LogP contribution in [0.5, 0.6) is 0 Å². The van der Waals surface area contributed by atoms with Crippen LogP contribution in [0.4, 0.5) is 11.4 Å². The number of benzene rings is 1. The van der Waals surface area contributed by atoms with E-state index in [4.69, 9.17) is 5.73 Å². The summed E-state index contributed by atoms with van der Waals surface area (Å²) in [6.45, 7) is 5.04. The molecule has 0 aliphatic carbocycles. The predicted octanol–water partition coefficient (Wildman–Crippen LogP) is 3.10. The average Bonchev–Trinajstić information content (AvgIpc) is 2.97. The van der Waals surface area contributed by atoms with Crippen LogP contribution in [0.3, 0.4) is 0 Å². The lowest BCUT2D eigenvalue weighted by Crippen LogP contribution is -2.31. The van der Waals surface area contributed by atoms with Gasteiger partial charge in [0.1, 0.15) is 0 Å². The smallest absolute Gasteiger partial charge is 0.251 e. The van der Waals surface area contributed by atoms with Crippen molar-refractivity contribution in [2.24, 2.45) is 0 Å². The number of amides is 1. The summed E-state index contributed by atoms with van der Waals surface area (Å²) in [5.41, 5.74) is 8.34. The molecule has 112 valence electrons. The fraction of sp³-hybridized carbons (Fsp3) is 0.312. The van der Waals surface area contributed by atoms with E-state index in [1.165, 1.54) is 4.88 Å². The first-order valence-electron chi connectivity index (χ1n) is 6.93. The molecule has 0 radical (unpaired) electrons. The number of hydrogen-bond acceptors (Lipinski definition) is 4. The molecule has 0 saturated heterocycles. The second-order valence-electron chi connectivity index (χ2n) is 5.15. The Bertz CT molecular complexity index is 608. The highest BCUT2D eigenvalue weighted by molar-refractivity contribution is 7.09. The zero-order valence-electron chi connectivity index (χ0n) is 12.6. The molecule has 1 heterocycles. The molecule has 1 amide bonds. The van der Waals surface area contributed by atoms with Gasteiger partial charge in [0.05, 0.1) is 17.9 Å². The lowest BCUT2D eigenvalue weighted by molar-refractivity contribution is 0.0963. The van der Waals surface area contributed by atoms with E-state index in [-0.39, 0.29) is 11.9 Å². The Morgan fingerprint density at radius 3 is 2.71 bits per heavy atom. The van der Waals surface area contributed by atoms with Crippen molar-refractivity contribution in [3.05, 3.63) is 46.2 Å². The summed E-state index contributed by atoms with van der Waals surface area (Å²) in [4.78, 5) is 15.3. The van der Waals surface area contributed by atoms with Crippen LogP contribution in [0.2, 0.25) is 0 Å². The first-order chi connectivity index (χ1) is 10.0. The van der Waals surface area contributed by atoms with Crippen LogP contribution in [0.15, 0.2) is 35.7 Å². The number of anilines is 2. The van der Waals surface area contributed by atoms with Crippen LogP contribution >= 0.6 is 11.3 Å². The Morgan fingerprint density at radius 2 is 2.14 bits per heavy atom. The third-order valence-corrected chi connectivity index (χ3v) is 4.22. The molecule has 0 spiro atoms. The van der Waals surface area contributed by atoms with Gasteiger partial charge in [-0.1, -0.05) is 6.07 Å². The highest BCUT2D eigenvalue weighted by Crippen LogP contribution is 2.29. The second kappa shape index (κ2) is 6.63. The molecule has 2 rings (SSSR count). The van der Waals surface area contributed by atoms with Crippen LogP contribution in [-0.2, 0) is 6.54 Å². The van der Waals surface area contributed by atoms with Gasteiger partial charge in [0.15, 0.2) is 0 Å². The summed E-state index contributed by atoms with van der Waals surface area (Å²) in [5.74, 6) is -0.101. The van der Waals surface area contributed by atoms with Crippen molar-refractivity contribution in [1.29, 1.82) is 0 Å². The average molecular weight is 303 g/mol. The van der Waals surface area contributed by atoms with E-state index in [2.05, 4.69) is 35.5 Å². The van der Waals surface area contributed by atoms with Crippen LogP contribution in [-0.4, -0.2) is 19.0 Å². The van der Waals surface area contributed by atoms with Crippen molar-refractivity contribution in [2.75, 3.05) is 17.7 Å². The summed E-state index contributed by atoms with van der Waals surface area (Å²) < 4.78 is 0. The molecule has 0 saturated carbocycles. The molecule has 5 heteroatoms. The SMILES string of the molecule is CNC(=O)c1ccc(N)c(N(Cc2cccs2)C(C)C)c1. The molecule has 21 heavy (non-hydrogen) atoms. The van der Waals surface area contributed by atoms with Crippen molar-refractivity contribution in [3.63, 3.8) is 0 Å². The predicted molar refractivity (Wildman–Crippen MR) is 89.9 cm³/mol. The Morgan fingerprint density at radius 1 is 1.38 bits per heavy atom. The number of rotatable bonds is 5. The van der Waals surface area contributed by atoms with Gasteiger partial charge in [-0.05, 0) is 43.5 Å². The number of carbonyl (C=O) groups is 1. The molecular formula is C16H21N3OS. The summed E-state index contributed by atoms with van der Waals surface area (Å²) >= 11 is 1.72. The lowest BCUT2D eigenvalue weighted by Gasteiger charge is -2.30. The Hall–Kier alpha value is -2.01. The fourth-order valence-corrected chi connectivity index (χ4v) is 2.90. The molecular weight excluding hydrogens is 282 g/mol. The zero-order valence-corrected chi connectivity index (χ0v) is 13.4. The molecule has 0 atom stereocenters. The summed E-state index contributed by atoms with van der Waals surface area (Å²) in [6.07, 6.45) is 0. The zero-order chi connectivity index (χ0) is 15.4. The number of nitrogens with one attached hydrogen (secondary N) is 1. The maximum absolute atomic E-state index is 11.8. The van der Waals surface area contributed by atoms with Gasteiger partial charge in [0, 0.05) is 23.5 Å². The van der Waals surface area contributed by atoms with Crippen LogP contribution < -0.4 is 16.0 Å². The van der Waals surface area contributed by atoms with Gasteiger partial charge in [-0.25, -0.2) is 0 Å². The van der Waals surface area contributed by atoms with E-state index in [1.807, 2.05) is 12.1 Å². The first-order valence-corrected chi connectivity index (χ1v) is 7.81. The van der Waals surface area contributed by atoms with Gasteiger partial charge in [-0.15, -0.1) is 11.3 Å². The molecule has 1 aromatic carbocycles. The van der Waals surface area contributed by atoms with Crippen molar-refractivity contribution in [2.45, 2.75) is 26.4 Å². The van der Waals surface area contributed by atoms with Gasteiger partial charge in [0.25, 0.3) is 5.91 Å². The molecule has 2 aromatic rings. The molecule has 1 aromatic heterocycles. The van der Waals surface area contributed by atoms with Gasteiger partial charge in [-0.3, -0.25) is 4.79 Å². The van der Waals surface area contributed by atoms with Gasteiger partial charge >= 0.3 is 0 Å². The highest BCUT2D eigenvalue weighted by atomic mass is 32.1. The maximum Gasteiger partial charge on any atom is 0.251 e. The highest BCUT2D eigenvalue weighted by Gasteiger charge is 2.16. The topological polar surface area (TPSA) is 58.4 Å². The van der Waals surface area contributed by atoms with E-state index in [9.17, 15) is 4.79 Å². The second-order valence-corrected chi connectivity index (χ2v) is 6.19. The summed E-state index contributed by atoms with van der Waals surface area (Å²) in [7, 11) is 1.63. The minimum absolute atomic E-state index is 0.101. The number of nitrogens with two attached hydrogens (primary N) is 1. The van der Waals surface area contributed by atoms with Crippen LogP contribution in [0.25, 0.3) is 0 Å². The van der Waals surface area contributed by atoms with E-state index >= 15 is 0 Å². The standard InChI is InChI=1S/C16H21N3OS/c1-11(2)19(10-13-5-4-8-21-13)15-9-12(16(20)18-3)6-7-14(15)17/h4-9,11H,10,17H2,1-3H3,(H,18,20). The van der Waals surface area contributed by atoms with Crippen molar-refractivity contribution < 1.29 is 4.79 Å². The van der Waals surface area contributed by atoms with Gasteiger partial charge in [0.2, 0.25) is 0 Å². The van der Waals surface area contributed by atoms with Gasteiger partial charge in [-0.2, -0.15) is 0 Å². The van der Waals surface area contributed by atoms with Crippen LogP contribution in [0, 0.1) is 0 Å². The number of nitrogens with zero attached hydrogens (tertiary/aromatic N) is 1. The monoisotopic (exact) mass is 303 g/mol. The van der Waals surface area contributed by atoms with Crippen molar-refractivity contribution in [1.82, 2.24) is 5.32 Å². The molecule has 0 aliphatic heterocycles. The third kappa shape index (κ3) is 3.55. The van der Waals surface area contributed by atoms with Gasteiger partial charge < -0.3 is 16.0 Å². The largest absolute Gasteiger partial charge is 0.397 e. The number of thiophene rings is 1. The van der Waals surface area contributed by atoms with E-state index < -0.39 is 0 Å². The lowest BCUT2D eigenvalue weighted by atomic mass is 10.1. The first kappa shape index (κ1) is 15.4. The van der Waals surface area contributed by atoms with E-state index in [1.54, 1.807) is 30.5 Å². The molecule has 4 nitrogen and oxygen atoms in total. The van der Waals surface area contributed by atoms with E-state index in [0.29, 0.717) is 11.3 Å². The molecule has 0 aliphatic rings. The number of carbonyl (C=O) groups excluding carboxylic acids is 1. The third-order valence-electron chi connectivity index (χ3n) is 3.36. The summed E-state index contributed by atoms with van der Waals surface area (Å²) in [6, 6.07) is 9.85.